The first-order valence-corrected chi connectivity index (χ1v) is 8.33. The Kier molecular flexibility index (Phi) is 6.24. The molecule has 0 bridgehead atoms. The Morgan fingerprint density at radius 2 is 2.31 bits per heavy atom. The predicted molar refractivity (Wildman–Crippen MR) is 73.5 cm³/mol. The van der Waals surface area contributed by atoms with E-state index >= 15 is 0 Å². The molecule has 0 fully saturated rings. The van der Waals surface area contributed by atoms with Gasteiger partial charge in [0.25, 0.3) is 0 Å². The molecule has 3 unspecified atom stereocenters. The first-order valence-electron chi connectivity index (χ1n) is 5.73. The second kappa shape index (κ2) is 7.20. The fourth-order valence-corrected chi connectivity index (χ4v) is 3.22. The molecular weight excluding hydrogens is 238 g/mol. The summed E-state index contributed by atoms with van der Waals surface area (Å²) >= 11 is 1.80. The molecule has 1 heterocycles. The van der Waals surface area contributed by atoms with Crippen molar-refractivity contribution in [2.24, 2.45) is 0 Å². The Bertz CT molecular complexity index is 311. The number of hydrogen-bond acceptors (Lipinski definition) is 3. The van der Waals surface area contributed by atoms with Crippen LogP contribution in [0.4, 0.5) is 0 Å². The van der Waals surface area contributed by atoms with Gasteiger partial charge >= 0.3 is 0 Å². The Balaban J connectivity index is 2.41. The minimum atomic E-state index is -0.677. The molecule has 0 amide bonds. The van der Waals surface area contributed by atoms with Crippen LogP contribution in [0.1, 0.15) is 37.6 Å². The molecule has 0 aliphatic carbocycles. The van der Waals surface area contributed by atoms with E-state index in [4.69, 9.17) is 0 Å². The number of hydrogen-bond donors (Lipinski definition) is 1. The van der Waals surface area contributed by atoms with Gasteiger partial charge in [-0.05, 0) is 31.2 Å². The molecule has 0 saturated carbocycles. The van der Waals surface area contributed by atoms with Crippen LogP contribution in [-0.2, 0) is 10.8 Å². The van der Waals surface area contributed by atoms with E-state index in [0.29, 0.717) is 12.1 Å². The molecule has 16 heavy (non-hydrogen) atoms. The standard InChI is InChI=1S/C12H21NOS2/c1-4-11(12-6-5-8-15-12)13-10(2)7-9-16(3)14/h5-6,8,10-11,13H,4,7,9H2,1-3H3. The summed E-state index contributed by atoms with van der Waals surface area (Å²) in [4.78, 5) is 1.40. The monoisotopic (exact) mass is 259 g/mol. The summed E-state index contributed by atoms with van der Waals surface area (Å²) < 4.78 is 11.0. The lowest BCUT2D eigenvalue weighted by Crippen LogP contribution is -2.30. The van der Waals surface area contributed by atoms with Gasteiger partial charge in [0.2, 0.25) is 0 Å². The van der Waals surface area contributed by atoms with E-state index in [1.807, 2.05) is 0 Å². The van der Waals surface area contributed by atoms with Crippen LogP contribution in [0.5, 0.6) is 0 Å². The second-order valence-electron chi connectivity index (χ2n) is 4.11. The zero-order valence-electron chi connectivity index (χ0n) is 10.2. The average molecular weight is 259 g/mol. The molecule has 3 atom stereocenters. The largest absolute Gasteiger partial charge is 0.307 e. The van der Waals surface area contributed by atoms with Crippen molar-refractivity contribution < 1.29 is 4.21 Å². The van der Waals surface area contributed by atoms with Gasteiger partial charge in [0.05, 0.1) is 0 Å². The van der Waals surface area contributed by atoms with E-state index in [0.717, 1.165) is 18.6 Å². The Morgan fingerprint density at radius 1 is 1.56 bits per heavy atom. The molecule has 0 saturated heterocycles. The maximum absolute atomic E-state index is 11.0. The van der Waals surface area contributed by atoms with Crippen molar-refractivity contribution in [1.82, 2.24) is 5.32 Å². The van der Waals surface area contributed by atoms with Crippen LogP contribution in [0, 0.1) is 0 Å². The van der Waals surface area contributed by atoms with Gasteiger partial charge in [-0.3, -0.25) is 4.21 Å². The molecule has 1 aromatic heterocycles. The van der Waals surface area contributed by atoms with Crippen molar-refractivity contribution in [3.8, 4) is 0 Å². The Morgan fingerprint density at radius 3 is 2.81 bits per heavy atom. The summed E-state index contributed by atoms with van der Waals surface area (Å²) in [6.07, 6.45) is 3.84. The zero-order valence-corrected chi connectivity index (χ0v) is 11.9. The number of nitrogens with one attached hydrogen (secondary N) is 1. The maximum atomic E-state index is 11.0. The maximum Gasteiger partial charge on any atom is 0.0414 e. The van der Waals surface area contributed by atoms with E-state index in [1.165, 1.54) is 4.88 Å². The van der Waals surface area contributed by atoms with Gasteiger partial charge in [-0.15, -0.1) is 11.3 Å². The highest BCUT2D eigenvalue weighted by atomic mass is 32.2. The van der Waals surface area contributed by atoms with Crippen LogP contribution in [-0.4, -0.2) is 22.3 Å². The lowest BCUT2D eigenvalue weighted by molar-refractivity contribution is 0.443. The van der Waals surface area contributed by atoms with Crippen LogP contribution >= 0.6 is 11.3 Å². The van der Waals surface area contributed by atoms with Crippen LogP contribution in [0.3, 0.4) is 0 Å². The van der Waals surface area contributed by atoms with Gasteiger partial charge in [-0.2, -0.15) is 0 Å². The van der Waals surface area contributed by atoms with Gasteiger partial charge in [0, 0.05) is 39.8 Å². The van der Waals surface area contributed by atoms with E-state index in [9.17, 15) is 4.21 Å². The highest BCUT2D eigenvalue weighted by Crippen LogP contribution is 2.22. The van der Waals surface area contributed by atoms with Crippen molar-refractivity contribution in [2.75, 3.05) is 12.0 Å². The lowest BCUT2D eigenvalue weighted by atomic mass is 10.1. The molecule has 0 spiro atoms. The highest BCUT2D eigenvalue weighted by Gasteiger charge is 2.13. The average Bonchev–Trinajstić information content (AvgIpc) is 2.76. The minimum absolute atomic E-state index is 0.427. The van der Waals surface area contributed by atoms with Crippen molar-refractivity contribution in [3.63, 3.8) is 0 Å². The smallest absolute Gasteiger partial charge is 0.0414 e. The van der Waals surface area contributed by atoms with E-state index < -0.39 is 10.8 Å². The third-order valence-electron chi connectivity index (χ3n) is 2.62. The van der Waals surface area contributed by atoms with Gasteiger partial charge in [0.1, 0.15) is 0 Å². The summed E-state index contributed by atoms with van der Waals surface area (Å²) in [6.45, 7) is 4.37. The number of thiophene rings is 1. The third kappa shape index (κ3) is 4.76. The van der Waals surface area contributed by atoms with Crippen molar-refractivity contribution >= 4 is 22.1 Å². The van der Waals surface area contributed by atoms with Crippen molar-refractivity contribution in [3.05, 3.63) is 22.4 Å². The number of rotatable bonds is 7. The van der Waals surface area contributed by atoms with Crippen molar-refractivity contribution in [2.45, 2.75) is 38.8 Å². The van der Waals surface area contributed by atoms with Crippen LogP contribution < -0.4 is 5.32 Å². The third-order valence-corrected chi connectivity index (χ3v) is 4.42. The molecule has 0 aliphatic rings. The Hall–Kier alpha value is -0.190. The molecule has 1 aromatic rings. The van der Waals surface area contributed by atoms with Crippen LogP contribution in [0.2, 0.25) is 0 Å². The molecule has 0 aliphatic heterocycles. The summed E-state index contributed by atoms with van der Waals surface area (Å²) in [5.74, 6) is 0.787. The lowest BCUT2D eigenvalue weighted by Gasteiger charge is -2.21. The molecular formula is C12H21NOS2. The first-order chi connectivity index (χ1) is 7.63. The fourth-order valence-electron chi connectivity index (χ4n) is 1.66. The molecule has 2 nitrogen and oxygen atoms in total. The molecule has 1 N–H and O–H groups in total. The summed E-state index contributed by atoms with van der Waals surface area (Å²) in [5, 5.41) is 5.72. The normalized spacial score (nSPS) is 16.9. The SMILES string of the molecule is CCC(NC(C)CCS(C)=O)c1cccs1. The first kappa shape index (κ1) is 13.9. The van der Waals surface area contributed by atoms with Gasteiger partial charge in [0.15, 0.2) is 0 Å². The summed E-state index contributed by atoms with van der Waals surface area (Å²) in [7, 11) is -0.677. The molecule has 1 rings (SSSR count). The van der Waals surface area contributed by atoms with Crippen LogP contribution in [0.15, 0.2) is 17.5 Å². The summed E-state index contributed by atoms with van der Waals surface area (Å²) in [6, 6.07) is 5.14. The zero-order chi connectivity index (χ0) is 12.0. The molecule has 0 aromatic carbocycles. The quantitative estimate of drug-likeness (QED) is 0.815. The minimum Gasteiger partial charge on any atom is -0.307 e. The summed E-state index contributed by atoms with van der Waals surface area (Å²) in [5.41, 5.74) is 0. The van der Waals surface area contributed by atoms with E-state index in [-0.39, 0.29) is 0 Å². The molecule has 92 valence electrons. The molecule has 4 heteroatoms. The van der Waals surface area contributed by atoms with Gasteiger partial charge in [-0.1, -0.05) is 13.0 Å². The molecule has 0 radical (unpaired) electrons. The van der Waals surface area contributed by atoms with Crippen molar-refractivity contribution in [1.29, 1.82) is 0 Å². The van der Waals surface area contributed by atoms with Gasteiger partial charge < -0.3 is 5.32 Å². The highest BCUT2D eigenvalue weighted by molar-refractivity contribution is 7.84. The predicted octanol–water partition coefficient (Wildman–Crippen LogP) is 2.95. The van der Waals surface area contributed by atoms with E-state index in [2.05, 4.69) is 36.7 Å². The Labute approximate surface area is 105 Å². The van der Waals surface area contributed by atoms with Crippen LogP contribution in [0.25, 0.3) is 0 Å². The second-order valence-corrected chi connectivity index (χ2v) is 6.64. The fraction of sp³-hybridized carbons (Fsp3) is 0.667. The van der Waals surface area contributed by atoms with E-state index in [1.54, 1.807) is 17.6 Å². The topological polar surface area (TPSA) is 29.1 Å². The van der Waals surface area contributed by atoms with Gasteiger partial charge in [-0.25, -0.2) is 0 Å².